The molecule has 0 atom stereocenters. The number of hydrogen-bond donors (Lipinski definition) is 0. The molecule has 3 rings (SSSR count). The first-order chi connectivity index (χ1) is 12.0. The van der Waals surface area contributed by atoms with Crippen molar-refractivity contribution >= 4 is 38.6 Å². The van der Waals surface area contributed by atoms with E-state index in [1.807, 2.05) is 35.8 Å². The third-order valence-corrected chi connectivity index (χ3v) is 4.68. The van der Waals surface area contributed by atoms with Crippen LogP contribution >= 0.6 is 11.3 Å². The Kier molecular flexibility index (Phi) is 4.57. The number of nitrogens with zero attached hydrogens (tertiary/aromatic N) is 4. The third-order valence-electron chi connectivity index (χ3n) is 3.62. The number of nitro groups is 2. The number of hydrogen-bond acceptors (Lipinski definition) is 6. The molecular formula is C16H14N4O4S. The predicted molar refractivity (Wildman–Crippen MR) is 95.1 cm³/mol. The number of aryl methyl sites for hydroxylation is 1. The number of rotatable bonds is 5. The Labute approximate surface area is 146 Å². The van der Waals surface area contributed by atoms with Gasteiger partial charge in [0.25, 0.3) is 5.69 Å². The SMILES string of the molecule is CCCn1c(=Nc2ccc([N+](=O)[O-])cc2[N+](=O)[O-])sc2ccccc21. The summed E-state index contributed by atoms with van der Waals surface area (Å²) in [6, 6.07) is 11.3. The van der Waals surface area contributed by atoms with E-state index in [0.717, 1.165) is 29.2 Å². The third kappa shape index (κ3) is 3.26. The number of benzene rings is 2. The largest absolute Gasteiger partial charge is 0.316 e. The molecule has 0 aliphatic carbocycles. The van der Waals surface area contributed by atoms with Crippen molar-refractivity contribution in [3.63, 3.8) is 0 Å². The van der Waals surface area contributed by atoms with Crippen LogP contribution in [0.4, 0.5) is 17.1 Å². The average molecular weight is 358 g/mol. The topological polar surface area (TPSA) is 104 Å². The maximum Gasteiger partial charge on any atom is 0.301 e. The molecule has 0 amide bonds. The van der Waals surface area contributed by atoms with Crippen LogP contribution in [-0.2, 0) is 6.54 Å². The Morgan fingerprint density at radius 3 is 2.56 bits per heavy atom. The molecule has 0 saturated heterocycles. The molecule has 2 aromatic carbocycles. The minimum atomic E-state index is -0.659. The van der Waals surface area contributed by atoms with E-state index in [9.17, 15) is 20.2 Å². The Balaban J connectivity index is 2.24. The summed E-state index contributed by atoms with van der Waals surface area (Å²) in [6.45, 7) is 2.77. The zero-order chi connectivity index (χ0) is 18.0. The van der Waals surface area contributed by atoms with Gasteiger partial charge < -0.3 is 4.57 Å². The molecule has 0 radical (unpaired) electrons. The fraction of sp³-hybridized carbons (Fsp3) is 0.188. The van der Waals surface area contributed by atoms with E-state index in [1.165, 1.54) is 23.5 Å². The molecule has 25 heavy (non-hydrogen) atoms. The molecule has 0 saturated carbocycles. The second-order valence-electron chi connectivity index (χ2n) is 5.30. The second kappa shape index (κ2) is 6.81. The lowest BCUT2D eigenvalue weighted by molar-refractivity contribution is -0.393. The van der Waals surface area contributed by atoms with Crippen LogP contribution in [0.1, 0.15) is 13.3 Å². The van der Waals surface area contributed by atoms with E-state index in [4.69, 9.17) is 0 Å². The summed E-state index contributed by atoms with van der Waals surface area (Å²) in [5, 5.41) is 22.1. The molecule has 0 aliphatic heterocycles. The number of nitro benzene ring substituents is 2. The quantitative estimate of drug-likeness (QED) is 0.504. The van der Waals surface area contributed by atoms with Gasteiger partial charge in [-0.3, -0.25) is 20.2 Å². The van der Waals surface area contributed by atoms with Crippen molar-refractivity contribution in [3.05, 3.63) is 67.5 Å². The van der Waals surface area contributed by atoms with Crippen molar-refractivity contribution in [1.29, 1.82) is 0 Å². The molecule has 8 nitrogen and oxygen atoms in total. The second-order valence-corrected chi connectivity index (χ2v) is 6.31. The van der Waals surface area contributed by atoms with Crippen LogP contribution in [-0.4, -0.2) is 14.4 Å². The molecule has 1 aromatic heterocycles. The molecule has 0 bridgehead atoms. The fourth-order valence-corrected chi connectivity index (χ4v) is 3.58. The number of thiazole rings is 1. The van der Waals surface area contributed by atoms with Gasteiger partial charge in [0.2, 0.25) is 0 Å². The van der Waals surface area contributed by atoms with Crippen LogP contribution in [0.25, 0.3) is 10.2 Å². The Morgan fingerprint density at radius 1 is 1.12 bits per heavy atom. The lowest BCUT2D eigenvalue weighted by atomic mass is 10.2. The van der Waals surface area contributed by atoms with Gasteiger partial charge in [-0.1, -0.05) is 30.4 Å². The molecular weight excluding hydrogens is 344 g/mol. The van der Waals surface area contributed by atoms with Crippen LogP contribution < -0.4 is 4.80 Å². The molecule has 0 spiro atoms. The first-order valence-electron chi connectivity index (χ1n) is 7.57. The average Bonchev–Trinajstić information content (AvgIpc) is 2.93. The van der Waals surface area contributed by atoms with Gasteiger partial charge in [-0.15, -0.1) is 0 Å². The maximum atomic E-state index is 11.3. The number of aromatic nitrogens is 1. The van der Waals surface area contributed by atoms with Crippen LogP contribution in [0.2, 0.25) is 0 Å². The van der Waals surface area contributed by atoms with Gasteiger partial charge in [0.15, 0.2) is 4.80 Å². The van der Waals surface area contributed by atoms with Gasteiger partial charge in [-0.25, -0.2) is 4.99 Å². The molecule has 9 heteroatoms. The standard InChI is InChI=1S/C16H14N4O4S/c1-2-9-18-13-5-3-4-6-15(13)25-16(18)17-12-8-7-11(19(21)22)10-14(12)20(23)24/h3-8,10H,2,9H2,1H3. The number of fused-ring (bicyclic) bond motifs is 1. The lowest BCUT2D eigenvalue weighted by Crippen LogP contribution is -2.14. The first-order valence-corrected chi connectivity index (χ1v) is 8.39. The summed E-state index contributed by atoms with van der Waals surface area (Å²) in [7, 11) is 0. The van der Waals surface area contributed by atoms with Crippen LogP contribution in [0.5, 0.6) is 0 Å². The summed E-state index contributed by atoms with van der Waals surface area (Å²) < 4.78 is 3.03. The van der Waals surface area contributed by atoms with Gasteiger partial charge in [0.05, 0.1) is 26.1 Å². The summed E-state index contributed by atoms with van der Waals surface area (Å²) in [5.74, 6) is 0. The normalized spacial score (nSPS) is 11.8. The molecule has 0 aliphatic rings. The highest BCUT2D eigenvalue weighted by atomic mass is 32.1. The Morgan fingerprint density at radius 2 is 1.88 bits per heavy atom. The molecule has 0 unspecified atom stereocenters. The van der Waals surface area contributed by atoms with Gasteiger partial charge in [-0.05, 0) is 24.6 Å². The van der Waals surface area contributed by atoms with Gasteiger partial charge in [0.1, 0.15) is 5.69 Å². The monoisotopic (exact) mass is 358 g/mol. The minimum absolute atomic E-state index is 0.104. The molecule has 0 N–H and O–H groups in total. The maximum absolute atomic E-state index is 11.3. The summed E-state index contributed by atoms with van der Waals surface area (Å²) >= 11 is 1.43. The zero-order valence-corrected chi connectivity index (χ0v) is 14.1. The van der Waals surface area contributed by atoms with E-state index < -0.39 is 9.85 Å². The highest BCUT2D eigenvalue weighted by Crippen LogP contribution is 2.31. The molecule has 128 valence electrons. The zero-order valence-electron chi connectivity index (χ0n) is 13.3. The molecule has 0 fully saturated rings. The summed E-state index contributed by atoms with van der Waals surface area (Å²) in [4.78, 5) is 25.9. The number of para-hydroxylation sites is 1. The fourth-order valence-electron chi connectivity index (χ4n) is 2.52. The number of non-ortho nitro benzene ring substituents is 1. The van der Waals surface area contributed by atoms with Crippen molar-refractivity contribution in [2.75, 3.05) is 0 Å². The summed E-state index contributed by atoms with van der Waals surface area (Å²) in [6.07, 6.45) is 0.885. The van der Waals surface area contributed by atoms with Crippen LogP contribution in [0.3, 0.4) is 0 Å². The highest BCUT2D eigenvalue weighted by Gasteiger charge is 2.19. The lowest BCUT2D eigenvalue weighted by Gasteiger charge is -2.02. The Hall–Kier alpha value is -3.07. The van der Waals surface area contributed by atoms with E-state index in [0.29, 0.717) is 4.80 Å². The van der Waals surface area contributed by atoms with Crippen molar-refractivity contribution < 1.29 is 9.85 Å². The molecule has 3 aromatic rings. The van der Waals surface area contributed by atoms with Crippen molar-refractivity contribution in [3.8, 4) is 0 Å². The van der Waals surface area contributed by atoms with E-state index >= 15 is 0 Å². The van der Waals surface area contributed by atoms with E-state index in [1.54, 1.807) is 0 Å². The highest BCUT2D eigenvalue weighted by molar-refractivity contribution is 7.16. The molecule has 1 heterocycles. The van der Waals surface area contributed by atoms with E-state index in [2.05, 4.69) is 4.99 Å². The predicted octanol–water partition coefficient (Wildman–Crippen LogP) is 4.16. The van der Waals surface area contributed by atoms with Gasteiger partial charge in [-0.2, -0.15) is 0 Å². The first kappa shape index (κ1) is 16.8. The Bertz CT molecular complexity index is 1040. The van der Waals surface area contributed by atoms with Crippen molar-refractivity contribution in [1.82, 2.24) is 4.57 Å². The van der Waals surface area contributed by atoms with E-state index in [-0.39, 0.29) is 17.1 Å². The van der Waals surface area contributed by atoms with Gasteiger partial charge >= 0.3 is 5.69 Å². The van der Waals surface area contributed by atoms with Crippen LogP contribution in [0.15, 0.2) is 47.5 Å². The smallest absolute Gasteiger partial charge is 0.301 e. The van der Waals surface area contributed by atoms with Crippen molar-refractivity contribution in [2.45, 2.75) is 19.9 Å². The van der Waals surface area contributed by atoms with Crippen LogP contribution in [0, 0.1) is 20.2 Å². The van der Waals surface area contributed by atoms with Gasteiger partial charge in [0, 0.05) is 12.6 Å². The summed E-state index contributed by atoms with van der Waals surface area (Å²) in [5.41, 5.74) is 0.405. The minimum Gasteiger partial charge on any atom is -0.316 e. The van der Waals surface area contributed by atoms with Crippen molar-refractivity contribution in [2.24, 2.45) is 4.99 Å².